The Morgan fingerprint density at radius 1 is 1.06 bits per heavy atom. The highest BCUT2D eigenvalue weighted by Crippen LogP contribution is 2.14. The molecule has 7 nitrogen and oxygen atoms in total. The Morgan fingerprint density at radius 3 is 2.32 bits per heavy atom. The van der Waals surface area contributed by atoms with Gasteiger partial charge in [-0.1, -0.05) is 118 Å². The monoisotopic (exact) mass is 636 g/mol. The molecule has 248 valence electrons. The first-order chi connectivity index (χ1) is 22.6. The van der Waals surface area contributed by atoms with Crippen molar-refractivity contribution >= 4 is 12.4 Å². The normalized spacial score (nSPS) is 10.5. The number of carboxylic acid groups (broad SMARTS) is 1. The molecule has 2 aromatic rings. The Bertz CT molecular complexity index is 1510. The lowest BCUT2D eigenvalue weighted by Gasteiger charge is -2.18. The van der Waals surface area contributed by atoms with Gasteiger partial charge in [-0.2, -0.15) is 0 Å². The zero-order valence-electron chi connectivity index (χ0n) is 27.9. The number of aliphatic carboxylic acids is 1. The molecule has 0 spiro atoms. The van der Waals surface area contributed by atoms with Gasteiger partial charge in [0.1, 0.15) is 5.75 Å². The van der Waals surface area contributed by atoms with Crippen molar-refractivity contribution in [1.82, 2.24) is 9.88 Å². The molecule has 0 aliphatic heterocycles. The number of unbranched alkanes of at least 4 members (excludes halogenated alkanes) is 1. The summed E-state index contributed by atoms with van der Waals surface area (Å²) in [5.74, 6) is 5.15. The van der Waals surface area contributed by atoms with Gasteiger partial charge in [0.15, 0.2) is 6.61 Å². The second kappa shape index (κ2) is 26.8. The van der Waals surface area contributed by atoms with Crippen LogP contribution < -0.4 is 10.3 Å². The van der Waals surface area contributed by atoms with E-state index in [0.29, 0.717) is 24.4 Å². The molecule has 2 rings (SSSR count). The number of rotatable bonds is 16. The van der Waals surface area contributed by atoms with E-state index in [4.69, 9.17) is 9.84 Å². The van der Waals surface area contributed by atoms with E-state index in [1.54, 1.807) is 71.8 Å². The van der Waals surface area contributed by atoms with Crippen LogP contribution >= 0.6 is 0 Å². The number of amides is 1. The smallest absolute Gasteiger partial charge is 0.341 e. The van der Waals surface area contributed by atoms with Gasteiger partial charge in [-0.3, -0.25) is 9.59 Å². The molecule has 1 aromatic carbocycles. The molecule has 0 bridgehead atoms. The van der Waals surface area contributed by atoms with E-state index in [9.17, 15) is 14.4 Å². The van der Waals surface area contributed by atoms with E-state index < -0.39 is 12.6 Å². The fourth-order valence-electron chi connectivity index (χ4n) is 3.46. The van der Waals surface area contributed by atoms with Crippen molar-refractivity contribution in [1.29, 1.82) is 0 Å². The molecule has 7 heteroatoms. The number of carbonyl (C=O) groups is 2. The van der Waals surface area contributed by atoms with Crippen LogP contribution in [0.5, 0.6) is 5.75 Å². The summed E-state index contributed by atoms with van der Waals surface area (Å²) >= 11 is 0. The highest BCUT2D eigenvalue weighted by molar-refractivity contribution is 5.68. The Balaban J connectivity index is 0.00000100. The number of aromatic nitrogens is 1. The predicted octanol–water partition coefficient (Wildman–Crippen LogP) is 8.07. The fourth-order valence-corrected chi connectivity index (χ4v) is 3.46. The van der Waals surface area contributed by atoms with Crippen LogP contribution in [0.25, 0.3) is 0 Å². The van der Waals surface area contributed by atoms with Gasteiger partial charge < -0.3 is 19.7 Å². The van der Waals surface area contributed by atoms with Crippen LogP contribution in [-0.2, 0) is 16.1 Å². The minimum Gasteiger partial charge on any atom is -0.482 e. The van der Waals surface area contributed by atoms with Gasteiger partial charge in [0.05, 0.1) is 0 Å². The van der Waals surface area contributed by atoms with Crippen LogP contribution in [0, 0.1) is 18.8 Å². The number of H-pyrrole nitrogens is 1. The number of allylic oxidation sites excluding steroid dienone is 10. The number of hydrogen-bond acceptors (Lipinski definition) is 4. The zero-order chi connectivity index (χ0) is 35.3. The number of benzene rings is 1. The topological polar surface area (TPSA) is 99.7 Å². The SMILES string of the molecule is C=C(/C=C\C)CCCC.C=C/C=C/C#CC(=C)/C=C\C(=C/C=C)CN(C=O)Cc1ccc(OCC(=O)O)cc1.Cc1ccc(=O)[nH]c1. The van der Waals surface area contributed by atoms with Crippen LogP contribution in [0.3, 0.4) is 0 Å². The summed E-state index contributed by atoms with van der Waals surface area (Å²) in [6.45, 7) is 21.6. The van der Waals surface area contributed by atoms with E-state index in [1.807, 2.05) is 32.1 Å². The van der Waals surface area contributed by atoms with E-state index in [0.717, 1.165) is 29.5 Å². The molecule has 0 aliphatic rings. The molecule has 0 atom stereocenters. The standard InChI is InChI=1S/C25H25NO4.C9H16.C6H7NO/c1-4-6-7-8-10-21(3)11-12-22(9-5-2)17-26(20-27)18-23-13-15-24(16-14-23)30-19-25(28)29;1-4-6-8-9(3)7-5-2;1-5-2-3-6(8)7-4-5/h4-7,9,11-16,20H,1-3,17-19H2,(H,28,29);5,7H,3-4,6,8H2,1-2H3;2-4H,1H3,(H,7,8)/b7-6+,12-11-,22-9+;7-5-;. The van der Waals surface area contributed by atoms with Gasteiger partial charge in [-0.05, 0) is 67.7 Å². The summed E-state index contributed by atoms with van der Waals surface area (Å²) in [6, 6.07) is 10.2. The molecular weight excluding hydrogens is 588 g/mol. The number of ether oxygens (including phenoxy) is 1. The summed E-state index contributed by atoms with van der Waals surface area (Å²) in [7, 11) is 0. The number of hydrogen-bond donors (Lipinski definition) is 2. The van der Waals surface area contributed by atoms with Crippen molar-refractivity contribution in [3.63, 3.8) is 0 Å². The number of carboxylic acids is 1. The Hall–Kier alpha value is -5.61. The quantitative estimate of drug-likeness (QED) is 0.110. The maximum Gasteiger partial charge on any atom is 0.341 e. The largest absolute Gasteiger partial charge is 0.482 e. The molecular formula is C40H48N2O5. The van der Waals surface area contributed by atoms with E-state index in [-0.39, 0.29) is 5.56 Å². The van der Waals surface area contributed by atoms with Crippen LogP contribution in [0.4, 0.5) is 0 Å². The van der Waals surface area contributed by atoms with Crippen LogP contribution in [0.1, 0.15) is 44.2 Å². The zero-order valence-corrected chi connectivity index (χ0v) is 27.9. The van der Waals surface area contributed by atoms with Gasteiger partial charge in [0.2, 0.25) is 12.0 Å². The maximum absolute atomic E-state index is 11.5. The van der Waals surface area contributed by atoms with Crippen molar-refractivity contribution in [2.24, 2.45) is 0 Å². The molecule has 0 saturated heterocycles. The first kappa shape index (κ1) is 41.4. The second-order valence-electron chi connectivity index (χ2n) is 10.0. The molecule has 0 radical (unpaired) electrons. The Labute approximate surface area is 280 Å². The third kappa shape index (κ3) is 23.4. The number of pyridine rings is 1. The Morgan fingerprint density at radius 2 is 1.79 bits per heavy atom. The number of nitrogens with zero attached hydrogens (tertiary/aromatic N) is 1. The summed E-state index contributed by atoms with van der Waals surface area (Å²) in [5, 5.41) is 8.64. The number of aryl methyl sites for hydroxylation is 1. The molecule has 1 aromatic heterocycles. The molecule has 0 aliphatic carbocycles. The second-order valence-corrected chi connectivity index (χ2v) is 10.0. The molecule has 47 heavy (non-hydrogen) atoms. The lowest BCUT2D eigenvalue weighted by molar-refractivity contribution is -0.139. The first-order valence-electron chi connectivity index (χ1n) is 15.1. The summed E-state index contributed by atoms with van der Waals surface area (Å²) in [5.41, 5.74) is 4.66. The van der Waals surface area contributed by atoms with Gasteiger partial charge in [-0.25, -0.2) is 4.79 Å². The number of aromatic amines is 1. The van der Waals surface area contributed by atoms with Crippen molar-refractivity contribution in [3.8, 4) is 17.6 Å². The number of nitrogens with one attached hydrogen (secondary N) is 1. The average Bonchev–Trinajstić information content (AvgIpc) is 3.06. The molecule has 0 fully saturated rings. The van der Waals surface area contributed by atoms with Gasteiger partial charge in [0.25, 0.3) is 0 Å². The lowest BCUT2D eigenvalue weighted by Crippen LogP contribution is -2.23. The molecule has 0 unspecified atom stereocenters. The molecule has 2 N–H and O–H groups in total. The third-order valence-electron chi connectivity index (χ3n) is 5.78. The highest BCUT2D eigenvalue weighted by Gasteiger charge is 2.06. The van der Waals surface area contributed by atoms with Crippen molar-refractivity contribution in [2.45, 2.75) is 46.6 Å². The van der Waals surface area contributed by atoms with E-state index in [2.05, 4.69) is 56.1 Å². The molecule has 1 amide bonds. The summed E-state index contributed by atoms with van der Waals surface area (Å²) in [4.78, 5) is 36.6. The van der Waals surface area contributed by atoms with Gasteiger partial charge >= 0.3 is 5.97 Å². The third-order valence-corrected chi connectivity index (χ3v) is 5.78. The Kier molecular flexibility index (Phi) is 23.6. The first-order valence-corrected chi connectivity index (χ1v) is 15.1. The maximum atomic E-state index is 11.5. The van der Waals surface area contributed by atoms with E-state index in [1.165, 1.54) is 24.5 Å². The molecule has 1 heterocycles. The lowest BCUT2D eigenvalue weighted by atomic mass is 10.1. The van der Waals surface area contributed by atoms with Crippen molar-refractivity contribution in [3.05, 3.63) is 162 Å². The van der Waals surface area contributed by atoms with Crippen molar-refractivity contribution in [2.75, 3.05) is 13.2 Å². The summed E-state index contributed by atoms with van der Waals surface area (Å²) in [6.07, 6.45) is 22.4. The number of carbonyl (C=O) groups excluding carboxylic acids is 1. The van der Waals surface area contributed by atoms with Gasteiger partial charge in [-0.15, -0.1) is 0 Å². The predicted molar refractivity (Wildman–Crippen MR) is 195 cm³/mol. The fraction of sp³-hybridized carbons (Fsp3) is 0.225. The van der Waals surface area contributed by atoms with Crippen LogP contribution in [0.2, 0.25) is 0 Å². The van der Waals surface area contributed by atoms with Crippen LogP contribution in [0.15, 0.2) is 145 Å². The highest BCUT2D eigenvalue weighted by atomic mass is 16.5. The van der Waals surface area contributed by atoms with Gasteiger partial charge in [0, 0.05) is 30.9 Å². The summed E-state index contributed by atoms with van der Waals surface area (Å²) < 4.78 is 5.11. The minimum absolute atomic E-state index is 0.0457. The minimum atomic E-state index is -1.04. The van der Waals surface area contributed by atoms with Crippen LogP contribution in [-0.4, -0.2) is 40.5 Å². The molecule has 0 saturated carbocycles. The van der Waals surface area contributed by atoms with Crippen molar-refractivity contribution < 1.29 is 19.4 Å². The van der Waals surface area contributed by atoms with E-state index >= 15 is 0 Å². The average molecular weight is 637 g/mol.